The lowest BCUT2D eigenvalue weighted by atomic mass is 10.1. The maximum Gasteiger partial charge on any atom is 0.338 e. The third-order valence-corrected chi connectivity index (χ3v) is 4.65. The predicted molar refractivity (Wildman–Crippen MR) is 106 cm³/mol. The van der Waals surface area contributed by atoms with Crippen molar-refractivity contribution in [2.24, 2.45) is 14.1 Å². The van der Waals surface area contributed by atoms with Crippen molar-refractivity contribution in [1.82, 2.24) is 13.7 Å². The van der Waals surface area contributed by atoms with Gasteiger partial charge in [0.15, 0.2) is 6.61 Å². The lowest BCUT2D eigenvalue weighted by molar-refractivity contribution is 0.0474. The van der Waals surface area contributed by atoms with Gasteiger partial charge in [-0.05, 0) is 36.8 Å². The second kappa shape index (κ2) is 7.63. The summed E-state index contributed by atoms with van der Waals surface area (Å²) in [5, 5.41) is 0. The number of nitrogens with two attached hydrogens (primary N) is 1. The average molecular weight is 396 g/mol. The molecule has 3 rings (SSSR count). The van der Waals surface area contributed by atoms with Gasteiger partial charge < -0.3 is 15.0 Å². The van der Waals surface area contributed by atoms with Crippen LogP contribution >= 0.6 is 0 Å². The number of carbonyl (C=O) groups is 2. The minimum atomic E-state index is -0.836. The number of ether oxygens (including phenoxy) is 1. The lowest BCUT2D eigenvalue weighted by Crippen LogP contribution is -2.42. The van der Waals surface area contributed by atoms with E-state index in [9.17, 15) is 19.2 Å². The zero-order valence-corrected chi connectivity index (χ0v) is 16.2. The highest BCUT2D eigenvalue weighted by atomic mass is 16.5. The molecule has 1 aromatic carbocycles. The summed E-state index contributed by atoms with van der Waals surface area (Å²) >= 11 is 0. The molecule has 3 aromatic rings. The number of anilines is 1. The Morgan fingerprint density at radius 2 is 1.72 bits per heavy atom. The molecule has 0 atom stereocenters. The first kappa shape index (κ1) is 19.9. The molecule has 2 heterocycles. The number of hydrogen-bond acceptors (Lipinski definition) is 6. The Morgan fingerprint density at radius 1 is 1.07 bits per heavy atom. The molecule has 0 aliphatic rings. The van der Waals surface area contributed by atoms with Crippen LogP contribution in [0.1, 0.15) is 26.3 Å². The second-order valence-corrected chi connectivity index (χ2v) is 6.56. The molecule has 0 radical (unpaired) electrons. The Balaban J connectivity index is 1.82. The summed E-state index contributed by atoms with van der Waals surface area (Å²) in [4.78, 5) is 49.0. The number of benzene rings is 1. The normalized spacial score (nSPS) is 10.7. The molecule has 0 amide bonds. The molecule has 29 heavy (non-hydrogen) atoms. The Hall–Kier alpha value is -3.88. The summed E-state index contributed by atoms with van der Waals surface area (Å²) in [5.74, 6) is -1.78. The third-order valence-electron chi connectivity index (χ3n) is 4.65. The molecule has 0 unspecified atom stereocenters. The lowest BCUT2D eigenvalue weighted by Gasteiger charge is -2.12. The molecule has 150 valence electrons. The van der Waals surface area contributed by atoms with E-state index >= 15 is 0 Å². The summed E-state index contributed by atoms with van der Waals surface area (Å²) in [6, 6.07) is 8.74. The van der Waals surface area contributed by atoms with E-state index in [1.165, 1.54) is 14.1 Å². The molecule has 0 saturated heterocycles. The van der Waals surface area contributed by atoms with Crippen LogP contribution in [0.15, 0.2) is 52.3 Å². The van der Waals surface area contributed by atoms with Gasteiger partial charge in [0, 0.05) is 32.2 Å². The number of hydrogen-bond donors (Lipinski definition) is 1. The van der Waals surface area contributed by atoms with Gasteiger partial charge >= 0.3 is 11.7 Å². The Labute approximate surface area is 165 Å². The number of aromatic nitrogens is 3. The predicted octanol–water partition coefficient (Wildman–Crippen LogP) is 0.805. The molecular weight excluding hydrogens is 376 g/mol. The van der Waals surface area contributed by atoms with Crippen molar-refractivity contribution in [3.63, 3.8) is 0 Å². The van der Waals surface area contributed by atoms with Crippen LogP contribution in [0, 0.1) is 6.92 Å². The van der Waals surface area contributed by atoms with E-state index in [4.69, 9.17) is 10.5 Å². The third kappa shape index (κ3) is 3.62. The maximum absolute atomic E-state index is 12.5. The van der Waals surface area contributed by atoms with Crippen molar-refractivity contribution in [1.29, 1.82) is 0 Å². The molecular formula is C20H20N4O5. The fourth-order valence-electron chi connectivity index (χ4n) is 2.92. The highest BCUT2D eigenvalue weighted by Gasteiger charge is 2.22. The summed E-state index contributed by atoms with van der Waals surface area (Å²) in [6.45, 7) is 1.23. The zero-order valence-electron chi connectivity index (χ0n) is 16.2. The van der Waals surface area contributed by atoms with Gasteiger partial charge in [-0.15, -0.1) is 0 Å². The van der Waals surface area contributed by atoms with E-state index in [1.54, 1.807) is 18.2 Å². The highest BCUT2D eigenvalue weighted by molar-refractivity contribution is 6.02. The van der Waals surface area contributed by atoms with E-state index in [1.807, 2.05) is 36.0 Å². The SMILES string of the molecule is Cc1ccc(C(=O)OCC(=O)c2c(N)n(C)c(=O)n(C)c2=O)cc1-n1cccc1. The zero-order chi connectivity index (χ0) is 21.3. The van der Waals surface area contributed by atoms with E-state index in [2.05, 4.69) is 0 Å². The molecule has 0 saturated carbocycles. The van der Waals surface area contributed by atoms with Crippen LogP contribution in [0.5, 0.6) is 0 Å². The van der Waals surface area contributed by atoms with Gasteiger partial charge in [-0.25, -0.2) is 9.59 Å². The Morgan fingerprint density at radius 3 is 2.38 bits per heavy atom. The van der Waals surface area contributed by atoms with Gasteiger partial charge in [0.25, 0.3) is 5.56 Å². The molecule has 0 spiro atoms. The molecule has 9 nitrogen and oxygen atoms in total. The van der Waals surface area contributed by atoms with Crippen molar-refractivity contribution in [3.8, 4) is 5.69 Å². The number of rotatable bonds is 5. The summed E-state index contributed by atoms with van der Waals surface area (Å²) in [5.41, 5.74) is 5.88. The first-order chi connectivity index (χ1) is 13.7. The number of carbonyl (C=O) groups excluding carboxylic acids is 2. The number of ketones is 1. The second-order valence-electron chi connectivity index (χ2n) is 6.56. The molecule has 9 heteroatoms. The van der Waals surface area contributed by atoms with Crippen molar-refractivity contribution in [2.45, 2.75) is 6.92 Å². The van der Waals surface area contributed by atoms with Gasteiger partial charge in [0.2, 0.25) is 5.78 Å². The van der Waals surface area contributed by atoms with Crippen LogP contribution in [0.25, 0.3) is 5.69 Å². The molecule has 0 aliphatic heterocycles. The number of esters is 1. The van der Waals surface area contributed by atoms with Crippen LogP contribution in [0.3, 0.4) is 0 Å². The van der Waals surface area contributed by atoms with E-state index in [0.717, 1.165) is 20.4 Å². The number of nitrogen functional groups attached to an aromatic ring is 1. The quantitative estimate of drug-likeness (QED) is 0.504. The van der Waals surface area contributed by atoms with Crippen LogP contribution < -0.4 is 17.0 Å². The molecule has 0 bridgehead atoms. The summed E-state index contributed by atoms with van der Waals surface area (Å²) in [6.07, 6.45) is 3.69. The molecule has 0 aliphatic carbocycles. The first-order valence-electron chi connectivity index (χ1n) is 8.72. The molecule has 2 aromatic heterocycles. The summed E-state index contributed by atoms with van der Waals surface area (Å²) in [7, 11) is 2.58. The van der Waals surface area contributed by atoms with Crippen LogP contribution in [-0.2, 0) is 18.8 Å². The molecule has 0 fully saturated rings. The topological polar surface area (TPSA) is 118 Å². The van der Waals surface area contributed by atoms with Crippen LogP contribution in [0.2, 0.25) is 0 Å². The minimum Gasteiger partial charge on any atom is -0.454 e. The van der Waals surface area contributed by atoms with Crippen molar-refractivity contribution in [3.05, 3.63) is 80.3 Å². The smallest absolute Gasteiger partial charge is 0.338 e. The van der Waals surface area contributed by atoms with Crippen molar-refractivity contribution >= 4 is 17.6 Å². The van der Waals surface area contributed by atoms with Gasteiger partial charge in [-0.3, -0.25) is 18.7 Å². The standard InChI is InChI=1S/C20H20N4O5/c1-12-6-7-13(10-14(12)24-8-4-5-9-24)19(27)29-11-15(25)16-17(21)22(2)20(28)23(3)18(16)26/h4-10H,11,21H2,1-3H3. The van der Waals surface area contributed by atoms with Crippen LogP contribution in [-0.4, -0.2) is 32.1 Å². The number of aryl methyl sites for hydroxylation is 1. The maximum atomic E-state index is 12.5. The fourth-order valence-corrected chi connectivity index (χ4v) is 2.92. The Kier molecular flexibility index (Phi) is 5.22. The van der Waals surface area contributed by atoms with Crippen LogP contribution in [0.4, 0.5) is 5.82 Å². The van der Waals surface area contributed by atoms with Gasteiger partial charge in [-0.1, -0.05) is 6.07 Å². The van der Waals surface area contributed by atoms with Crippen molar-refractivity contribution < 1.29 is 14.3 Å². The molecule has 2 N–H and O–H groups in total. The van der Waals surface area contributed by atoms with Gasteiger partial charge in [-0.2, -0.15) is 0 Å². The summed E-state index contributed by atoms with van der Waals surface area (Å²) < 4.78 is 8.70. The fraction of sp³-hybridized carbons (Fsp3) is 0.200. The largest absolute Gasteiger partial charge is 0.454 e. The highest BCUT2D eigenvalue weighted by Crippen LogP contribution is 2.17. The van der Waals surface area contributed by atoms with E-state index in [0.29, 0.717) is 0 Å². The first-order valence-corrected chi connectivity index (χ1v) is 8.72. The van der Waals surface area contributed by atoms with E-state index < -0.39 is 29.6 Å². The van der Waals surface area contributed by atoms with Crippen molar-refractivity contribution in [2.75, 3.05) is 12.3 Å². The minimum absolute atomic E-state index is 0.258. The number of Topliss-reactive ketones (excluding diaryl/α,β-unsaturated/α-hetero) is 1. The number of nitrogens with zero attached hydrogens (tertiary/aromatic N) is 3. The van der Waals surface area contributed by atoms with Gasteiger partial charge in [0.05, 0.1) is 5.56 Å². The van der Waals surface area contributed by atoms with Gasteiger partial charge in [0.1, 0.15) is 11.4 Å². The monoisotopic (exact) mass is 396 g/mol. The Bertz CT molecular complexity index is 1220. The van der Waals surface area contributed by atoms with E-state index in [-0.39, 0.29) is 16.9 Å². The average Bonchev–Trinajstić information content (AvgIpc) is 3.24.